The summed E-state index contributed by atoms with van der Waals surface area (Å²) in [6.07, 6.45) is 5.02. The van der Waals surface area contributed by atoms with Gasteiger partial charge in [-0.15, -0.1) is 0 Å². The maximum Gasteiger partial charge on any atom is 0.317 e. The van der Waals surface area contributed by atoms with Crippen LogP contribution in [-0.4, -0.2) is 53.0 Å². The molecule has 25 heavy (non-hydrogen) atoms. The molecule has 0 spiro atoms. The number of benzene rings is 1. The number of aromatic nitrogens is 3. The van der Waals surface area contributed by atoms with Crippen LogP contribution in [0.4, 0.5) is 4.79 Å². The fraction of sp³-hybridized carbons (Fsp3) is 0.471. The molecule has 1 aliphatic heterocycles. The third-order valence-electron chi connectivity index (χ3n) is 4.48. The molecule has 1 N–H and O–H groups in total. The zero-order chi connectivity index (χ0) is 17.6. The summed E-state index contributed by atoms with van der Waals surface area (Å²) in [6.45, 7) is 1.79. The van der Waals surface area contributed by atoms with Crippen molar-refractivity contribution in [3.05, 3.63) is 36.4 Å². The van der Waals surface area contributed by atoms with Crippen LogP contribution in [-0.2, 0) is 6.54 Å². The molecular weight excluding hydrogens is 322 g/mol. The molecule has 2 heterocycles. The predicted octanol–water partition coefficient (Wildman–Crippen LogP) is 1.84. The number of methoxy groups -OCH3 is 2. The first-order valence-corrected chi connectivity index (χ1v) is 8.29. The summed E-state index contributed by atoms with van der Waals surface area (Å²) in [5.41, 5.74) is 0.882. The van der Waals surface area contributed by atoms with Crippen LogP contribution in [0, 0.1) is 0 Å². The molecule has 1 aliphatic rings. The second-order valence-electron chi connectivity index (χ2n) is 5.93. The Morgan fingerprint density at radius 2 is 2.08 bits per heavy atom. The first-order valence-electron chi connectivity index (χ1n) is 8.29. The number of piperidine rings is 1. The number of ether oxygens (including phenoxy) is 2. The molecule has 0 radical (unpaired) electrons. The summed E-state index contributed by atoms with van der Waals surface area (Å²) in [5.74, 6) is 1.46. The molecule has 3 rings (SSSR count). The summed E-state index contributed by atoms with van der Waals surface area (Å²) in [5, 5.41) is 7.14. The molecule has 2 aromatic rings. The highest BCUT2D eigenvalue weighted by Gasteiger charge is 2.24. The number of rotatable bonds is 5. The molecule has 0 bridgehead atoms. The number of likely N-dealkylation sites (tertiary alicyclic amines) is 1. The van der Waals surface area contributed by atoms with E-state index in [4.69, 9.17) is 9.47 Å². The van der Waals surface area contributed by atoms with Crippen LogP contribution in [0.15, 0.2) is 30.9 Å². The van der Waals surface area contributed by atoms with Crippen LogP contribution in [0.2, 0.25) is 0 Å². The van der Waals surface area contributed by atoms with Crippen molar-refractivity contribution in [3.63, 3.8) is 0 Å². The van der Waals surface area contributed by atoms with E-state index in [-0.39, 0.29) is 6.03 Å². The molecule has 8 heteroatoms. The van der Waals surface area contributed by atoms with Gasteiger partial charge in [0, 0.05) is 25.2 Å². The molecule has 1 fully saturated rings. The van der Waals surface area contributed by atoms with Gasteiger partial charge in [0.25, 0.3) is 0 Å². The van der Waals surface area contributed by atoms with Crippen LogP contribution in [0.5, 0.6) is 11.5 Å². The van der Waals surface area contributed by atoms with Gasteiger partial charge in [-0.3, -0.25) is 0 Å². The number of nitrogens with one attached hydrogen (secondary N) is 1. The maximum absolute atomic E-state index is 12.4. The fourth-order valence-electron chi connectivity index (χ4n) is 3.04. The van der Waals surface area contributed by atoms with Crippen LogP contribution in [0.3, 0.4) is 0 Å². The second kappa shape index (κ2) is 7.87. The largest absolute Gasteiger partial charge is 0.497 e. The average Bonchev–Trinajstić information content (AvgIpc) is 3.20. The normalized spacial score (nSPS) is 15.0. The SMILES string of the molecule is COc1ccc(OC)c(CNC(=O)N2CCC(n3cncn3)CC2)c1. The van der Waals surface area contributed by atoms with Gasteiger partial charge in [-0.25, -0.2) is 14.5 Å². The van der Waals surface area contributed by atoms with E-state index >= 15 is 0 Å². The van der Waals surface area contributed by atoms with E-state index in [1.54, 1.807) is 26.9 Å². The Bertz CT molecular complexity index is 696. The standard InChI is InChI=1S/C17H23N5O3/c1-24-15-3-4-16(25-2)13(9-15)10-19-17(23)21-7-5-14(6-8-21)22-12-18-11-20-22/h3-4,9,11-12,14H,5-8,10H2,1-2H3,(H,19,23). The zero-order valence-corrected chi connectivity index (χ0v) is 14.5. The molecule has 1 saturated heterocycles. The van der Waals surface area contributed by atoms with E-state index in [2.05, 4.69) is 15.4 Å². The van der Waals surface area contributed by atoms with Crippen molar-refractivity contribution in [3.8, 4) is 11.5 Å². The number of carbonyl (C=O) groups is 1. The van der Waals surface area contributed by atoms with Gasteiger partial charge in [-0.05, 0) is 31.0 Å². The van der Waals surface area contributed by atoms with E-state index in [0.717, 1.165) is 29.9 Å². The Morgan fingerprint density at radius 1 is 1.28 bits per heavy atom. The summed E-state index contributed by atoms with van der Waals surface area (Å²) < 4.78 is 12.4. The Labute approximate surface area is 146 Å². The van der Waals surface area contributed by atoms with Crippen molar-refractivity contribution in [2.75, 3.05) is 27.3 Å². The lowest BCUT2D eigenvalue weighted by molar-refractivity contribution is 0.168. The van der Waals surface area contributed by atoms with Gasteiger partial charge in [-0.2, -0.15) is 5.10 Å². The minimum atomic E-state index is -0.0677. The van der Waals surface area contributed by atoms with Crippen LogP contribution in [0.25, 0.3) is 0 Å². The van der Waals surface area contributed by atoms with Crippen molar-refractivity contribution in [2.45, 2.75) is 25.4 Å². The van der Waals surface area contributed by atoms with E-state index in [1.807, 2.05) is 27.8 Å². The van der Waals surface area contributed by atoms with Crippen LogP contribution in [0.1, 0.15) is 24.4 Å². The third kappa shape index (κ3) is 4.01. The Kier molecular flexibility index (Phi) is 5.37. The van der Waals surface area contributed by atoms with Crippen LogP contribution < -0.4 is 14.8 Å². The third-order valence-corrected chi connectivity index (χ3v) is 4.48. The van der Waals surface area contributed by atoms with Gasteiger partial charge in [0.1, 0.15) is 24.2 Å². The van der Waals surface area contributed by atoms with E-state index < -0.39 is 0 Å². The molecule has 1 aromatic heterocycles. The molecule has 2 amide bonds. The van der Waals surface area contributed by atoms with Gasteiger partial charge < -0.3 is 19.7 Å². The first-order chi connectivity index (χ1) is 12.2. The quantitative estimate of drug-likeness (QED) is 0.894. The Balaban J connectivity index is 1.53. The molecule has 134 valence electrons. The zero-order valence-electron chi connectivity index (χ0n) is 14.5. The molecule has 1 aromatic carbocycles. The lowest BCUT2D eigenvalue weighted by Gasteiger charge is -2.31. The number of amides is 2. The predicted molar refractivity (Wildman–Crippen MR) is 91.6 cm³/mol. The smallest absolute Gasteiger partial charge is 0.317 e. The van der Waals surface area contributed by atoms with Crippen molar-refractivity contribution in [1.82, 2.24) is 25.0 Å². The van der Waals surface area contributed by atoms with Gasteiger partial charge in [0.2, 0.25) is 0 Å². The van der Waals surface area contributed by atoms with Gasteiger partial charge in [0.05, 0.1) is 20.3 Å². The number of urea groups is 1. The fourth-order valence-corrected chi connectivity index (χ4v) is 3.04. The van der Waals surface area contributed by atoms with Crippen LogP contribution >= 0.6 is 0 Å². The Morgan fingerprint density at radius 3 is 2.72 bits per heavy atom. The number of nitrogens with zero attached hydrogens (tertiary/aromatic N) is 4. The molecule has 0 unspecified atom stereocenters. The number of hydrogen-bond acceptors (Lipinski definition) is 5. The highest BCUT2D eigenvalue weighted by Crippen LogP contribution is 2.24. The molecule has 0 aliphatic carbocycles. The van der Waals surface area contributed by atoms with E-state index in [1.165, 1.54) is 0 Å². The summed E-state index contributed by atoms with van der Waals surface area (Å²) >= 11 is 0. The topological polar surface area (TPSA) is 81.5 Å². The lowest BCUT2D eigenvalue weighted by Crippen LogP contribution is -2.44. The van der Waals surface area contributed by atoms with Crippen molar-refractivity contribution >= 4 is 6.03 Å². The van der Waals surface area contributed by atoms with Gasteiger partial charge in [-0.1, -0.05) is 0 Å². The highest BCUT2D eigenvalue weighted by molar-refractivity contribution is 5.74. The monoisotopic (exact) mass is 345 g/mol. The van der Waals surface area contributed by atoms with Gasteiger partial charge in [0.15, 0.2) is 0 Å². The molecule has 0 atom stereocenters. The molecule has 0 saturated carbocycles. The molecule has 8 nitrogen and oxygen atoms in total. The minimum absolute atomic E-state index is 0.0677. The number of hydrogen-bond donors (Lipinski definition) is 1. The maximum atomic E-state index is 12.4. The lowest BCUT2D eigenvalue weighted by atomic mass is 10.1. The van der Waals surface area contributed by atoms with E-state index in [9.17, 15) is 4.79 Å². The minimum Gasteiger partial charge on any atom is -0.497 e. The van der Waals surface area contributed by atoms with Crippen molar-refractivity contribution in [1.29, 1.82) is 0 Å². The van der Waals surface area contributed by atoms with Crippen molar-refractivity contribution < 1.29 is 14.3 Å². The average molecular weight is 345 g/mol. The summed E-state index contributed by atoms with van der Waals surface area (Å²) in [4.78, 5) is 18.2. The summed E-state index contributed by atoms with van der Waals surface area (Å²) in [6, 6.07) is 5.78. The highest BCUT2D eigenvalue weighted by atomic mass is 16.5. The first kappa shape index (κ1) is 17.1. The Hall–Kier alpha value is -2.77. The number of carbonyl (C=O) groups excluding carboxylic acids is 1. The van der Waals surface area contributed by atoms with Crippen molar-refractivity contribution in [2.24, 2.45) is 0 Å². The molecular formula is C17H23N5O3. The second-order valence-corrected chi connectivity index (χ2v) is 5.93. The summed E-state index contributed by atoms with van der Waals surface area (Å²) in [7, 11) is 3.23. The van der Waals surface area contributed by atoms with E-state index in [0.29, 0.717) is 25.7 Å². The van der Waals surface area contributed by atoms with Gasteiger partial charge >= 0.3 is 6.03 Å².